The maximum Gasteiger partial charge on any atom is 0.586 e. The first-order chi connectivity index (χ1) is 12.6. The Bertz CT molecular complexity index is 997. The molecule has 2 N–H and O–H groups in total. The maximum atomic E-state index is 13.7. The van der Waals surface area contributed by atoms with Crippen molar-refractivity contribution in [2.45, 2.75) is 24.2 Å². The highest BCUT2D eigenvalue weighted by molar-refractivity contribution is 7.89. The summed E-state index contributed by atoms with van der Waals surface area (Å²) in [5.74, 6) is -2.24. The number of halogens is 3. The quantitative estimate of drug-likeness (QED) is 0.801. The van der Waals surface area contributed by atoms with Crippen molar-refractivity contribution in [3.8, 4) is 11.5 Å². The van der Waals surface area contributed by atoms with E-state index in [1.807, 2.05) is 4.72 Å². The van der Waals surface area contributed by atoms with Gasteiger partial charge in [-0.25, -0.2) is 12.8 Å². The first kappa shape index (κ1) is 19.0. The highest BCUT2D eigenvalue weighted by Gasteiger charge is 2.43. The molecule has 0 radical (unpaired) electrons. The normalized spacial score (nSPS) is 16.0. The summed E-state index contributed by atoms with van der Waals surface area (Å²) >= 11 is 0. The second kappa shape index (κ2) is 6.74. The van der Waals surface area contributed by atoms with Gasteiger partial charge in [-0.15, -0.1) is 8.78 Å². The molecular formula is C16H13F3N2O5S. The van der Waals surface area contributed by atoms with Crippen LogP contribution in [0.5, 0.6) is 11.5 Å². The van der Waals surface area contributed by atoms with E-state index in [1.54, 1.807) is 0 Å². The van der Waals surface area contributed by atoms with Gasteiger partial charge in [-0.1, -0.05) is 12.1 Å². The van der Waals surface area contributed by atoms with Crippen LogP contribution < -0.4 is 19.5 Å². The Morgan fingerprint density at radius 2 is 1.78 bits per heavy atom. The van der Waals surface area contributed by atoms with Gasteiger partial charge in [-0.3, -0.25) is 4.79 Å². The van der Waals surface area contributed by atoms with Crippen LogP contribution in [-0.4, -0.2) is 26.7 Å². The van der Waals surface area contributed by atoms with E-state index in [2.05, 4.69) is 14.8 Å². The van der Waals surface area contributed by atoms with Crippen molar-refractivity contribution in [3.63, 3.8) is 0 Å². The Kier molecular flexibility index (Phi) is 4.74. The van der Waals surface area contributed by atoms with Crippen LogP contribution >= 0.6 is 0 Å². The molecular weight excluding hydrogens is 389 g/mol. The molecule has 144 valence electrons. The van der Waals surface area contributed by atoms with E-state index in [4.69, 9.17) is 0 Å². The summed E-state index contributed by atoms with van der Waals surface area (Å²) in [4.78, 5) is 11.6. The van der Waals surface area contributed by atoms with Gasteiger partial charge in [0.15, 0.2) is 11.5 Å². The minimum atomic E-state index is -4.28. The van der Waals surface area contributed by atoms with Gasteiger partial charge in [0.1, 0.15) is 10.7 Å². The number of fused-ring (bicyclic) bond motifs is 1. The van der Waals surface area contributed by atoms with Crippen LogP contribution in [0.3, 0.4) is 0 Å². The molecule has 1 aliphatic rings. The fraction of sp³-hybridized carbons (Fsp3) is 0.188. The molecule has 7 nitrogen and oxygen atoms in total. The van der Waals surface area contributed by atoms with Crippen molar-refractivity contribution < 1.29 is 35.9 Å². The van der Waals surface area contributed by atoms with Gasteiger partial charge in [-0.2, -0.15) is 4.72 Å². The smallest absolute Gasteiger partial charge is 0.395 e. The van der Waals surface area contributed by atoms with Crippen molar-refractivity contribution in [2.75, 3.05) is 5.32 Å². The Hall–Kier alpha value is -2.79. The molecule has 0 bridgehead atoms. The van der Waals surface area contributed by atoms with E-state index >= 15 is 0 Å². The number of amides is 1. The lowest BCUT2D eigenvalue weighted by atomic mass is 10.2. The molecule has 27 heavy (non-hydrogen) atoms. The highest BCUT2D eigenvalue weighted by atomic mass is 32.2. The van der Waals surface area contributed by atoms with E-state index < -0.39 is 39.0 Å². The zero-order valence-electron chi connectivity index (χ0n) is 13.7. The SMILES string of the molecule is CC(NS(=O)(=O)c1ccccc1F)C(=O)Nc1ccc2c(c1)OC(F)(F)O2. The maximum absolute atomic E-state index is 13.7. The molecule has 0 saturated carbocycles. The van der Waals surface area contributed by atoms with Gasteiger partial charge in [0, 0.05) is 11.8 Å². The van der Waals surface area contributed by atoms with Gasteiger partial charge < -0.3 is 14.8 Å². The number of sulfonamides is 1. The van der Waals surface area contributed by atoms with Gasteiger partial charge in [0.05, 0.1) is 6.04 Å². The van der Waals surface area contributed by atoms with E-state index in [9.17, 15) is 26.4 Å². The highest BCUT2D eigenvalue weighted by Crippen LogP contribution is 2.42. The number of rotatable bonds is 5. The summed E-state index contributed by atoms with van der Waals surface area (Å²) < 4.78 is 74.6. The number of anilines is 1. The standard InChI is InChI=1S/C16H13F3N2O5S/c1-9(21-27(23,24)14-5-3-2-4-11(14)17)15(22)20-10-6-7-12-13(8-10)26-16(18,19)25-12/h2-9,21H,1H3,(H,20,22). The summed E-state index contributed by atoms with van der Waals surface area (Å²) in [7, 11) is -4.28. The molecule has 1 atom stereocenters. The van der Waals surface area contributed by atoms with Crippen LogP contribution in [0.1, 0.15) is 6.92 Å². The summed E-state index contributed by atoms with van der Waals surface area (Å²) in [6.45, 7) is 1.24. The molecule has 1 unspecified atom stereocenters. The van der Waals surface area contributed by atoms with Gasteiger partial charge in [0.25, 0.3) is 0 Å². The summed E-state index contributed by atoms with van der Waals surface area (Å²) in [5.41, 5.74) is 0.0805. The Morgan fingerprint density at radius 3 is 2.48 bits per heavy atom. The molecule has 3 rings (SSSR count). The lowest BCUT2D eigenvalue weighted by Crippen LogP contribution is -2.41. The number of hydrogen-bond donors (Lipinski definition) is 2. The number of carbonyl (C=O) groups is 1. The van der Waals surface area contributed by atoms with Crippen molar-refractivity contribution in [1.29, 1.82) is 0 Å². The molecule has 11 heteroatoms. The largest absolute Gasteiger partial charge is 0.586 e. The topological polar surface area (TPSA) is 93.7 Å². The Balaban J connectivity index is 1.69. The zero-order chi connectivity index (χ0) is 19.8. The number of nitrogens with one attached hydrogen (secondary N) is 2. The third-order valence-electron chi connectivity index (χ3n) is 3.52. The lowest BCUT2D eigenvalue weighted by molar-refractivity contribution is -0.286. The van der Waals surface area contributed by atoms with Crippen molar-refractivity contribution in [2.24, 2.45) is 0 Å². The first-order valence-electron chi connectivity index (χ1n) is 7.55. The number of hydrogen-bond acceptors (Lipinski definition) is 5. The van der Waals surface area contributed by atoms with Crippen LogP contribution in [0, 0.1) is 5.82 Å². The minimum Gasteiger partial charge on any atom is -0.395 e. The van der Waals surface area contributed by atoms with E-state index in [0.29, 0.717) is 0 Å². The van der Waals surface area contributed by atoms with Gasteiger partial charge in [-0.05, 0) is 31.2 Å². The van der Waals surface area contributed by atoms with Gasteiger partial charge >= 0.3 is 6.29 Å². The molecule has 1 amide bonds. The summed E-state index contributed by atoms with van der Waals surface area (Å²) in [6.07, 6.45) is -3.80. The monoisotopic (exact) mass is 402 g/mol. The minimum absolute atomic E-state index is 0.0805. The average Bonchev–Trinajstić information content (AvgIpc) is 2.87. The second-order valence-corrected chi connectivity index (χ2v) is 7.27. The predicted molar refractivity (Wildman–Crippen MR) is 87.5 cm³/mol. The van der Waals surface area contributed by atoms with Crippen LogP contribution in [0.2, 0.25) is 0 Å². The molecule has 0 aliphatic carbocycles. The average molecular weight is 402 g/mol. The molecule has 1 aliphatic heterocycles. The first-order valence-corrected chi connectivity index (χ1v) is 9.03. The third kappa shape index (κ3) is 4.14. The van der Waals surface area contributed by atoms with Crippen molar-refractivity contribution >= 4 is 21.6 Å². The third-order valence-corrected chi connectivity index (χ3v) is 5.09. The van der Waals surface area contributed by atoms with E-state index in [-0.39, 0.29) is 17.2 Å². The molecule has 1 heterocycles. The fourth-order valence-corrected chi connectivity index (χ4v) is 3.57. The number of ether oxygens (including phenoxy) is 2. The van der Waals surface area contributed by atoms with E-state index in [0.717, 1.165) is 18.2 Å². The van der Waals surface area contributed by atoms with Gasteiger partial charge in [0.2, 0.25) is 15.9 Å². The second-order valence-electron chi connectivity index (χ2n) is 5.59. The Labute approximate surface area is 152 Å². The van der Waals surface area contributed by atoms with Crippen LogP contribution in [0.4, 0.5) is 18.9 Å². The van der Waals surface area contributed by atoms with Crippen LogP contribution in [0.25, 0.3) is 0 Å². The van der Waals surface area contributed by atoms with Crippen molar-refractivity contribution in [3.05, 3.63) is 48.3 Å². The Morgan fingerprint density at radius 1 is 1.11 bits per heavy atom. The number of alkyl halides is 2. The predicted octanol–water partition coefficient (Wildman–Crippen LogP) is 2.45. The number of benzene rings is 2. The fourth-order valence-electron chi connectivity index (χ4n) is 2.29. The molecule has 2 aromatic carbocycles. The molecule has 0 aromatic heterocycles. The summed E-state index contributed by atoms with van der Waals surface area (Å²) in [5, 5.41) is 2.35. The zero-order valence-corrected chi connectivity index (χ0v) is 14.5. The lowest BCUT2D eigenvalue weighted by Gasteiger charge is -2.15. The van der Waals surface area contributed by atoms with Crippen molar-refractivity contribution in [1.82, 2.24) is 4.72 Å². The van der Waals surface area contributed by atoms with E-state index in [1.165, 1.54) is 31.2 Å². The van der Waals surface area contributed by atoms with Crippen LogP contribution in [0.15, 0.2) is 47.4 Å². The molecule has 0 fully saturated rings. The molecule has 0 spiro atoms. The molecule has 0 saturated heterocycles. The molecule has 2 aromatic rings. The number of carbonyl (C=O) groups excluding carboxylic acids is 1. The summed E-state index contributed by atoms with van der Waals surface area (Å²) in [6, 6.07) is 6.97. The van der Waals surface area contributed by atoms with Crippen LogP contribution in [-0.2, 0) is 14.8 Å².